The van der Waals surface area contributed by atoms with Crippen LogP contribution in [0.2, 0.25) is 0 Å². The monoisotopic (exact) mass is 428 g/mol. The Balaban J connectivity index is 1.72. The van der Waals surface area contributed by atoms with Crippen molar-refractivity contribution < 1.29 is 9.21 Å². The van der Waals surface area contributed by atoms with Gasteiger partial charge in [-0.1, -0.05) is 49.4 Å². The second-order valence-electron chi connectivity index (χ2n) is 7.88. The molecule has 2 aromatic carbocycles. The zero-order chi connectivity index (χ0) is 22.3. The highest BCUT2D eigenvalue weighted by molar-refractivity contribution is 5.91. The molecule has 32 heavy (non-hydrogen) atoms. The van der Waals surface area contributed by atoms with Crippen molar-refractivity contribution in [3.8, 4) is 11.4 Å². The van der Waals surface area contributed by atoms with Crippen molar-refractivity contribution >= 4 is 22.6 Å². The molecular formula is C26H28N4O2. The third-order valence-corrected chi connectivity index (χ3v) is 5.47. The first-order valence-electron chi connectivity index (χ1n) is 11.0. The third kappa shape index (κ3) is 5.14. The molecule has 0 aliphatic heterocycles. The van der Waals surface area contributed by atoms with Gasteiger partial charge in [0.1, 0.15) is 11.6 Å². The fourth-order valence-corrected chi connectivity index (χ4v) is 3.55. The molecule has 0 aliphatic carbocycles. The van der Waals surface area contributed by atoms with Gasteiger partial charge in [0.2, 0.25) is 5.91 Å². The summed E-state index contributed by atoms with van der Waals surface area (Å²) in [5, 5.41) is 3.99. The van der Waals surface area contributed by atoms with Crippen LogP contribution >= 0.6 is 0 Å². The molecular weight excluding hydrogens is 400 g/mol. The van der Waals surface area contributed by atoms with Crippen LogP contribution in [-0.4, -0.2) is 28.5 Å². The van der Waals surface area contributed by atoms with Crippen molar-refractivity contribution in [3.05, 3.63) is 78.8 Å². The van der Waals surface area contributed by atoms with Crippen LogP contribution in [-0.2, 0) is 11.3 Å². The maximum Gasteiger partial charge on any atom is 0.221 e. The molecule has 0 bridgehead atoms. The van der Waals surface area contributed by atoms with Crippen LogP contribution < -0.4 is 10.2 Å². The number of carbonyl (C=O) groups excluding carboxylic acids is 1. The Bertz CT molecular complexity index is 1160. The molecule has 0 fully saturated rings. The zero-order valence-electron chi connectivity index (χ0n) is 18.5. The summed E-state index contributed by atoms with van der Waals surface area (Å²) < 4.78 is 5.62. The largest absolute Gasteiger partial charge is 0.467 e. The van der Waals surface area contributed by atoms with Gasteiger partial charge in [0, 0.05) is 30.0 Å². The van der Waals surface area contributed by atoms with Gasteiger partial charge in [-0.05, 0) is 37.6 Å². The minimum Gasteiger partial charge on any atom is -0.467 e. The van der Waals surface area contributed by atoms with Crippen molar-refractivity contribution in [2.45, 2.75) is 39.3 Å². The average Bonchev–Trinajstić information content (AvgIpc) is 3.34. The average molecular weight is 429 g/mol. The van der Waals surface area contributed by atoms with Gasteiger partial charge in [0.15, 0.2) is 5.82 Å². The Morgan fingerprint density at radius 1 is 1.03 bits per heavy atom. The van der Waals surface area contributed by atoms with E-state index in [1.807, 2.05) is 73.7 Å². The summed E-state index contributed by atoms with van der Waals surface area (Å²) in [5.74, 6) is 2.30. The van der Waals surface area contributed by atoms with E-state index in [9.17, 15) is 4.79 Å². The molecule has 4 aromatic rings. The van der Waals surface area contributed by atoms with E-state index in [1.54, 1.807) is 6.26 Å². The van der Waals surface area contributed by atoms with Crippen molar-refractivity contribution in [2.24, 2.45) is 0 Å². The SMILES string of the molecule is CC[C@H](C)NC(=O)CCN(Cc1ccco1)c1nc(-c2ccccc2)nc2ccccc12. The number of para-hydroxylation sites is 1. The number of carbonyl (C=O) groups is 1. The van der Waals surface area contributed by atoms with Crippen LogP contribution in [0.1, 0.15) is 32.4 Å². The molecule has 0 spiro atoms. The molecule has 0 unspecified atom stereocenters. The summed E-state index contributed by atoms with van der Waals surface area (Å²) in [6, 6.07) is 21.9. The fraction of sp³-hybridized carbons (Fsp3) is 0.269. The van der Waals surface area contributed by atoms with Crippen LogP contribution in [0.3, 0.4) is 0 Å². The summed E-state index contributed by atoms with van der Waals surface area (Å²) in [6.07, 6.45) is 2.93. The molecule has 2 aromatic heterocycles. The van der Waals surface area contributed by atoms with Crippen LogP contribution in [0.15, 0.2) is 77.4 Å². The topological polar surface area (TPSA) is 71.3 Å². The Morgan fingerprint density at radius 3 is 2.56 bits per heavy atom. The quantitative estimate of drug-likeness (QED) is 0.397. The molecule has 1 N–H and O–H groups in total. The number of rotatable bonds is 9. The zero-order valence-corrected chi connectivity index (χ0v) is 18.5. The van der Waals surface area contributed by atoms with E-state index in [0.29, 0.717) is 25.3 Å². The molecule has 1 atom stereocenters. The Morgan fingerprint density at radius 2 is 1.81 bits per heavy atom. The normalized spacial score (nSPS) is 11.9. The second kappa shape index (κ2) is 10.1. The second-order valence-corrected chi connectivity index (χ2v) is 7.88. The van der Waals surface area contributed by atoms with Gasteiger partial charge in [0.25, 0.3) is 0 Å². The highest BCUT2D eigenvalue weighted by Gasteiger charge is 2.18. The Labute approximate surface area is 188 Å². The molecule has 4 rings (SSSR count). The lowest BCUT2D eigenvalue weighted by molar-refractivity contribution is -0.121. The number of amides is 1. The van der Waals surface area contributed by atoms with Crippen molar-refractivity contribution in [1.29, 1.82) is 0 Å². The van der Waals surface area contributed by atoms with Crippen LogP contribution in [0.25, 0.3) is 22.3 Å². The number of aromatic nitrogens is 2. The van der Waals surface area contributed by atoms with Gasteiger partial charge in [-0.25, -0.2) is 9.97 Å². The number of hydrogen-bond acceptors (Lipinski definition) is 5. The molecule has 1 amide bonds. The molecule has 0 saturated carbocycles. The standard InChI is InChI=1S/C26H28N4O2/c1-3-19(2)27-24(31)15-16-30(18-21-12-9-17-32-21)26-22-13-7-8-14-23(22)28-25(29-26)20-10-5-4-6-11-20/h4-14,17,19H,3,15-16,18H2,1-2H3,(H,27,31)/t19-/m0/s1. The summed E-state index contributed by atoms with van der Waals surface area (Å²) in [7, 11) is 0. The van der Waals surface area contributed by atoms with Gasteiger partial charge in [0.05, 0.1) is 18.3 Å². The summed E-state index contributed by atoms with van der Waals surface area (Å²) in [4.78, 5) is 24.4. The number of benzene rings is 2. The van der Waals surface area contributed by atoms with Crippen molar-refractivity contribution in [2.75, 3.05) is 11.4 Å². The third-order valence-electron chi connectivity index (χ3n) is 5.47. The molecule has 2 heterocycles. The molecule has 0 radical (unpaired) electrons. The first-order valence-corrected chi connectivity index (χ1v) is 11.0. The lowest BCUT2D eigenvalue weighted by Gasteiger charge is -2.25. The molecule has 6 heteroatoms. The predicted octanol–water partition coefficient (Wildman–Crippen LogP) is 5.20. The van der Waals surface area contributed by atoms with Crippen LogP contribution in [0, 0.1) is 0 Å². The number of fused-ring (bicyclic) bond motifs is 1. The van der Waals surface area contributed by atoms with Crippen molar-refractivity contribution in [3.63, 3.8) is 0 Å². The maximum atomic E-state index is 12.5. The lowest BCUT2D eigenvalue weighted by atomic mass is 10.1. The van der Waals surface area contributed by atoms with Gasteiger partial charge in [-0.2, -0.15) is 0 Å². The lowest BCUT2D eigenvalue weighted by Crippen LogP contribution is -2.35. The van der Waals surface area contributed by atoms with Gasteiger partial charge in [-0.3, -0.25) is 4.79 Å². The summed E-state index contributed by atoms with van der Waals surface area (Å²) in [6.45, 7) is 5.10. The molecule has 0 aliphatic rings. The smallest absolute Gasteiger partial charge is 0.221 e. The predicted molar refractivity (Wildman–Crippen MR) is 127 cm³/mol. The first-order chi connectivity index (χ1) is 15.6. The van der Waals surface area contributed by atoms with Gasteiger partial charge in [-0.15, -0.1) is 0 Å². The molecule has 0 saturated heterocycles. The van der Waals surface area contributed by atoms with E-state index >= 15 is 0 Å². The Kier molecular flexibility index (Phi) is 6.80. The highest BCUT2D eigenvalue weighted by Crippen LogP contribution is 2.29. The van der Waals surface area contributed by atoms with E-state index in [4.69, 9.17) is 14.4 Å². The summed E-state index contributed by atoms with van der Waals surface area (Å²) >= 11 is 0. The van der Waals surface area contributed by atoms with Gasteiger partial charge < -0.3 is 14.6 Å². The minimum absolute atomic E-state index is 0.0328. The van der Waals surface area contributed by atoms with E-state index in [1.165, 1.54) is 0 Å². The number of furan rings is 1. The number of nitrogens with zero attached hydrogens (tertiary/aromatic N) is 3. The summed E-state index contributed by atoms with van der Waals surface area (Å²) in [5.41, 5.74) is 1.82. The van der Waals surface area contributed by atoms with Crippen molar-refractivity contribution in [1.82, 2.24) is 15.3 Å². The van der Waals surface area contributed by atoms with E-state index < -0.39 is 0 Å². The van der Waals surface area contributed by atoms with E-state index in [2.05, 4.69) is 17.1 Å². The van der Waals surface area contributed by atoms with E-state index in [-0.39, 0.29) is 11.9 Å². The fourth-order valence-electron chi connectivity index (χ4n) is 3.55. The number of nitrogens with one attached hydrogen (secondary N) is 1. The van der Waals surface area contributed by atoms with E-state index in [0.717, 1.165) is 34.5 Å². The highest BCUT2D eigenvalue weighted by atomic mass is 16.3. The number of hydrogen-bond donors (Lipinski definition) is 1. The van der Waals surface area contributed by atoms with Crippen LogP contribution in [0.4, 0.5) is 5.82 Å². The molecule has 6 nitrogen and oxygen atoms in total. The van der Waals surface area contributed by atoms with Crippen LogP contribution in [0.5, 0.6) is 0 Å². The maximum absolute atomic E-state index is 12.5. The molecule has 164 valence electrons. The number of anilines is 1. The van der Waals surface area contributed by atoms with Gasteiger partial charge >= 0.3 is 0 Å². The Hall–Kier alpha value is -3.67. The first kappa shape index (κ1) is 21.6. The minimum atomic E-state index is 0.0328.